The molecule has 1 fully saturated rings. The van der Waals surface area contributed by atoms with Crippen molar-refractivity contribution < 1.29 is 9.53 Å². The van der Waals surface area contributed by atoms with E-state index in [-0.39, 0.29) is 29.9 Å². The zero-order chi connectivity index (χ0) is 22.0. The molecule has 1 aliphatic rings. The quantitative estimate of drug-likeness (QED) is 0.595. The van der Waals surface area contributed by atoms with Crippen LogP contribution in [0.2, 0.25) is 0 Å². The number of carbonyl (C=O) groups is 1. The lowest BCUT2D eigenvalue weighted by atomic mass is 9.84. The number of para-hydroxylation sites is 1. The Labute approximate surface area is 184 Å². The van der Waals surface area contributed by atoms with Crippen LogP contribution in [0.4, 0.5) is 0 Å². The highest BCUT2D eigenvalue weighted by Crippen LogP contribution is 2.37. The van der Waals surface area contributed by atoms with Crippen LogP contribution in [-0.2, 0) is 16.1 Å². The minimum atomic E-state index is -0.408. The van der Waals surface area contributed by atoms with Gasteiger partial charge in [0.1, 0.15) is 0 Å². The molecular formula is C23H27N3O4S. The molecule has 1 aromatic carbocycles. The second-order valence-electron chi connectivity index (χ2n) is 7.94. The van der Waals surface area contributed by atoms with E-state index in [1.807, 2.05) is 6.92 Å². The van der Waals surface area contributed by atoms with Crippen molar-refractivity contribution in [1.29, 1.82) is 0 Å². The molecule has 1 saturated heterocycles. The third-order valence-corrected chi connectivity index (χ3v) is 7.07. The zero-order valence-electron chi connectivity index (χ0n) is 17.8. The van der Waals surface area contributed by atoms with Gasteiger partial charge in [0.2, 0.25) is 0 Å². The van der Waals surface area contributed by atoms with Gasteiger partial charge in [0.15, 0.2) is 0 Å². The van der Waals surface area contributed by atoms with Gasteiger partial charge in [0, 0.05) is 35.3 Å². The van der Waals surface area contributed by atoms with Gasteiger partial charge in [-0.1, -0.05) is 12.1 Å². The number of piperidine rings is 1. The molecule has 2 aromatic heterocycles. The standard InChI is InChI=1S/C23H27N3O4S/c1-3-30-22(28)18-14-25(11-10-16(18)20-9-8-15(2)31-20)12-13-26-21(27)17-6-4-5-7-19(17)24-23(26)29/h4-9,16,18H,3,10-14H2,1-2H3,(H,24,29)/t16?,18-/m1/s1. The topological polar surface area (TPSA) is 84.4 Å². The number of nitrogens with zero attached hydrogens (tertiary/aromatic N) is 2. The molecule has 0 bridgehead atoms. The number of likely N-dealkylation sites (tertiary alicyclic amines) is 1. The van der Waals surface area contributed by atoms with E-state index >= 15 is 0 Å². The number of hydrogen-bond donors (Lipinski definition) is 1. The first-order valence-electron chi connectivity index (χ1n) is 10.6. The summed E-state index contributed by atoms with van der Waals surface area (Å²) in [6.07, 6.45) is 0.840. The maximum absolute atomic E-state index is 12.8. The Morgan fingerprint density at radius 1 is 1.19 bits per heavy atom. The number of esters is 1. The zero-order valence-corrected chi connectivity index (χ0v) is 18.6. The molecule has 0 saturated carbocycles. The monoisotopic (exact) mass is 441 g/mol. The van der Waals surface area contributed by atoms with Gasteiger partial charge in [-0.15, -0.1) is 11.3 Å². The van der Waals surface area contributed by atoms with E-state index in [1.165, 1.54) is 14.3 Å². The summed E-state index contributed by atoms with van der Waals surface area (Å²) in [5.74, 6) is -0.289. The predicted octanol–water partition coefficient (Wildman–Crippen LogP) is 2.73. The largest absolute Gasteiger partial charge is 0.466 e. The van der Waals surface area contributed by atoms with Crippen molar-refractivity contribution >= 4 is 28.2 Å². The summed E-state index contributed by atoms with van der Waals surface area (Å²) in [6.45, 7) is 6.40. The number of H-pyrrole nitrogens is 1. The number of fused-ring (bicyclic) bond motifs is 1. The summed E-state index contributed by atoms with van der Waals surface area (Å²) in [4.78, 5) is 45.3. The van der Waals surface area contributed by atoms with E-state index in [0.29, 0.717) is 30.6 Å². The van der Waals surface area contributed by atoms with Crippen molar-refractivity contribution in [3.63, 3.8) is 0 Å². The molecule has 164 valence electrons. The maximum atomic E-state index is 12.8. The molecule has 1 aliphatic heterocycles. The van der Waals surface area contributed by atoms with Gasteiger partial charge in [0.25, 0.3) is 5.56 Å². The normalized spacial score (nSPS) is 19.5. The Morgan fingerprint density at radius 2 is 2.00 bits per heavy atom. The SMILES string of the molecule is CCOC(=O)[C@@H]1CN(CCn2c(=O)[nH]c3ccccc3c2=O)CCC1c1ccc(C)s1. The summed E-state index contributed by atoms with van der Waals surface area (Å²) in [5, 5.41) is 0.498. The van der Waals surface area contributed by atoms with Crippen LogP contribution in [0.3, 0.4) is 0 Å². The van der Waals surface area contributed by atoms with Gasteiger partial charge in [-0.2, -0.15) is 0 Å². The van der Waals surface area contributed by atoms with E-state index in [9.17, 15) is 14.4 Å². The van der Waals surface area contributed by atoms with Gasteiger partial charge < -0.3 is 14.6 Å². The Morgan fingerprint density at radius 3 is 2.74 bits per heavy atom. The van der Waals surface area contributed by atoms with Crippen LogP contribution < -0.4 is 11.2 Å². The fourth-order valence-corrected chi connectivity index (χ4v) is 5.42. The number of aromatic amines is 1. The number of benzene rings is 1. The van der Waals surface area contributed by atoms with Crippen molar-refractivity contribution in [2.24, 2.45) is 5.92 Å². The van der Waals surface area contributed by atoms with Crippen molar-refractivity contribution in [1.82, 2.24) is 14.5 Å². The van der Waals surface area contributed by atoms with Gasteiger partial charge in [-0.05, 0) is 51.1 Å². The van der Waals surface area contributed by atoms with E-state index < -0.39 is 5.69 Å². The van der Waals surface area contributed by atoms with E-state index in [4.69, 9.17) is 4.74 Å². The van der Waals surface area contributed by atoms with Crippen molar-refractivity contribution in [2.75, 3.05) is 26.2 Å². The molecule has 0 radical (unpaired) electrons. The average molecular weight is 442 g/mol. The van der Waals surface area contributed by atoms with E-state index in [2.05, 4.69) is 28.9 Å². The minimum Gasteiger partial charge on any atom is -0.466 e. The lowest BCUT2D eigenvalue weighted by Gasteiger charge is -2.37. The van der Waals surface area contributed by atoms with Crippen LogP contribution >= 0.6 is 11.3 Å². The number of nitrogens with one attached hydrogen (secondary N) is 1. The molecule has 3 heterocycles. The summed E-state index contributed by atoms with van der Waals surface area (Å²) in [6, 6.07) is 11.2. The second kappa shape index (κ2) is 9.20. The Bertz CT molecular complexity index is 1200. The van der Waals surface area contributed by atoms with Crippen LogP contribution in [0.25, 0.3) is 10.9 Å². The molecule has 31 heavy (non-hydrogen) atoms. The lowest BCUT2D eigenvalue weighted by Crippen LogP contribution is -2.46. The smallest absolute Gasteiger partial charge is 0.328 e. The van der Waals surface area contributed by atoms with Crippen LogP contribution in [-0.4, -0.2) is 46.7 Å². The predicted molar refractivity (Wildman–Crippen MR) is 122 cm³/mol. The summed E-state index contributed by atoms with van der Waals surface area (Å²) < 4.78 is 6.61. The molecule has 2 atom stereocenters. The highest BCUT2D eigenvalue weighted by molar-refractivity contribution is 7.12. The van der Waals surface area contributed by atoms with Gasteiger partial charge in [-0.25, -0.2) is 4.79 Å². The molecule has 1 N–H and O–H groups in total. The summed E-state index contributed by atoms with van der Waals surface area (Å²) in [7, 11) is 0. The van der Waals surface area contributed by atoms with Crippen LogP contribution in [0, 0.1) is 12.8 Å². The van der Waals surface area contributed by atoms with Crippen LogP contribution in [0.15, 0.2) is 46.0 Å². The lowest BCUT2D eigenvalue weighted by molar-refractivity contribution is -0.150. The number of thiophene rings is 1. The molecule has 0 aliphatic carbocycles. The van der Waals surface area contributed by atoms with E-state index in [0.717, 1.165) is 13.0 Å². The van der Waals surface area contributed by atoms with Gasteiger partial charge >= 0.3 is 11.7 Å². The number of aryl methyl sites for hydroxylation is 1. The van der Waals surface area contributed by atoms with Crippen LogP contribution in [0.1, 0.15) is 29.0 Å². The van der Waals surface area contributed by atoms with E-state index in [1.54, 1.807) is 35.6 Å². The average Bonchev–Trinajstić information content (AvgIpc) is 3.19. The maximum Gasteiger partial charge on any atom is 0.328 e. The Balaban J connectivity index is 1.51. The minimum absolute atomic E-state index is 0.140. The molecule has 1 unspecified atom stereocenters. The van der Waals surface area contributed by atoms with Gasteiger partial charge in [-0.3, -0.25) is 14.2 Å². The van der Waals surface area contributed by atoms with Crippen molar-refractivity contribution in [3.05, 3.63) is 67.0 Å². The molecule has 4 rings (SSSR count). The highest BCUT2D eigenvalue weighted by Gasteiger charge is 2.36. The first-order chi connectivity index (χ1) is 15.0. The fourth-order valence-electron chi connectivity index (χ4n) is 4.35. The second-order valence-corrected chi connectivity index (χ2v) is 9.25. The number of carbonyl (C=O) groups excluding carboxylic acids is 1. The van der Waals surface area contributed by atoms with Gasteiger partial charge in [0.05, 0.1) is 23.4 Å². The van der Waals surface area contributed by atoms with Crippen LogP contribution in [0.5, 0.6) is 0 Å². The first-order valence-corrected chi connectivity index (χ1v) is 11.5. The molecule has 0 spiro atoms. The highest BCUT2D eigenvalue weighted by atomic mass is 32.1. The number of hydrogen-bond acceptors (Lipinski definition) is 6. The third-order valence-electron chi connectivity index (χ3n) is 5.94. The Kier molecular flexibility index (Phi) is 6.38. The number of ether oxygens (including phenoxy) is 1. The molecule has 3 aromatic rings. The number of aromatic nitrogens is 2. The summed E-state index contributed by atoms with van der Waals surface area (Å²) in [5.41, 5.74) is -0.150. The molecule has 7 nitrogen and oxygen atoms in total. The molecule has 0 amide bonds. The fraction of sp³-hybridized carbons (Fsp3) is 0.435. The molecule has 8 heteroatoms. The number of rotatable bonds is 6. The Hall–Kier alpha value is -2.71. The molecular weight excluding hydrogens is 414 g/mol. The van der Waals surface area contributed by atoms with Crippen molar-refractivity contribution in [3.8, 4) is 0 Å². The summed E-state index contributed by atoms with van der Waals surface area (Å²) >= 11 is 1.73. The first kappa shape index (κ1) is 21.5. The van der Waals surface area contributed by atoms with Crippen molar-refractivity contribution in [2.45, 2.75) is 32.7 Å². The third kappa shape index (κ3) is 4.50.